The lowest BCUT2D eigenvalue weighted by Gasteiger charge is -2.38. The van der Waals surface area contributed by atoms with Gasteiger partial charge in [0, 0.05) is 3.92 Å². The maximum Gasteiger partial charge on any atom is 0.162 e. The summed E-state index contributed by atoms with van der Waals surface area (Å²) < 4.78 is 28.9. The maximum absolute atomic E-state index is 14.3. The minimum absolute atomic E-state index is 0.200. The minimum atomic E-state index is -0.655. The molecule has 3 rings (SSSR count). The highest BCUT2D eigenvalue weighted by Crippen LogP contribution is 2.45. The van der Waals surface area contributed by atoms with Gasteiger partial charge in [-0.3, -0.25) is 0 Å². The zero-order valence-electron chi connectivity index (χ0n) is 16.0. The maximum atomic E-state index is 14.3. The second-order valence-electron chi connectivity index (χ2n) is 8.36. The normalized spacial score (nSPS) is 31.3. The lowest BCUT2D eigenvalue weighted by Crippen LogP contribution is -2.27. The highest BCUT2D eigenvalue weighted by atomic mass is 127. The van der Waals surface area contributed by atoms with E-state index < -0.39 is 11.6 Å². The molecule has 0 bridgehead atoms. The Balaban J connectivity index is 1.53. The number of hydrogen-bond acceptors (Lipinski definition) is 0. The second-order valence-corrected chi connectivity index (χ2v) is 9.79. The van der Waals surface area contributed by atoms with Gasteiger partial charge in [-0.2, -0.15) is 0 Å². The Kier molecular flexibility index (Phi) is 7.15. The van der Waals surface area contributed by atoms with Crippen molar-refractivity contribution in [2.45, 2.75) is 75.1 Å². The van der Waals surface area contributed by atoms with Crippen molar-refractivity contribution >= 4 is 22.6 Å². The zero-order chi connectivity index (χ0) is 18.7. The van der Waals surface area contributed by atoms with Crippen LogP contribution in [0.3, 0.4) is 0 Å². The van der Waals surface area contributed by atoms with E-state index in [-0.39, 0.29) is 5.92 Å². The Bertz CT molecular complexity index is 623. The molecule has 1 unspecified atom stereocenters. The predicted octanol–water partition coefficient (Wildman–Crippen LogP) is 7.73. The molecule has 2 aliphatic carbocycles. The van der Waals surface area contributed by atoms with Crippen molar-refractivity contribution < 1.29 is 8.78 Å². The molecular weight excluding hydrogens is 441 g/mol. The summed E-state index contributed by atoms with van der Waals surface area (Å²) >= 11 is 2.59. The van der Waals surface area contributed by atoms with Crippen LogP contribution in [0.15, 0.2) is 24.3 Å². The first kappa shape index (κ1) is 20.3. The summed E-state index contributed by atoms with van der Waals surface area (Å²) in [5.41, 5.74) is 1.01. The SMILES string of the molecule is CC=CC(I)C1CCC(C2CCC(c3ccc(C)c(F)c3F)CC2)CC1. The molecule has 0 saturated heterocycles. The van der Waals surface area contributed by atoms with E-state index in [2.05, 4.69) is 41.7 Å². The van der Waals surface area contributed by atoms with Crippen LogP contribution in [0.1, 0.15) is 75.3 Å². The lowest BCUT2D eigenvalue weighted by atomic mass is 9.68. The summed E-state index contributed by atoms with van der Waals surface area (Å²) in [7, 11) is 0. The molecular formula is C23H31F2I. The average Bonchev–Trinajstić information content (AvgIpc) is 2.67. The molecule has 26 heavy (non-hydrogen) atoms. The lowest BCUT2D eigenvalue weighted by molar-refractivity contribution is 0.162. The van der Waals surface area contributed by atoms with Crippen LogP contribution in [0, 0.1) is 36.3 Å². The van der Waals surface area contributed by atoms with Crippen molar-refractivity contribution in [1.82, 2.24) is 0 Å². The first-order chi connectivity index (χ1) is 12.5. The Morgan fingerprint density at radius 2 is 1.50 bits per heavy atom. The Labute approximate surface area is 171 Å². The van der Waals surface area contributed by atoms with Crippen LogP contribution in [0.5, 0.6) is 0 Å². The van der Waals surface area contributed by atoms with Crippen LogP contribution in [-0.4, -0.2) is 3.92 Å². The largest absolute Gasteiger partial charge is 0.203 e. The quantitative estimate of drug-likeness (QED) is 0.239. The molecule has 3 heteroatoms. The summed E-state index contributed by atoms with van der Waals surface area (Å²) in [6, 6.07) is 3.54. The molecule has 0 radical (unpaired) electrons. The fraction of sp³-hybridized carbons (Fsp3) is 0.652. The molecule has 0 spiro atoms. The van der Waals surface area contributed by atoms with Crippen molar-refractivity contribution in [3.63, 3.8) is 0 Å². The number of allylic oxidation sites excluding steroid dienone is 2. The van der Waals surface area contributed by atoms with Crippen molar-refractivity contribution in [3.8, 4) is 0 Å². The number of halogens is 3. The third kappa shape index (κ3) is 4.51. The Hall–Kier alpha value is -0.450. The van der Waals surface area contributed by atoms with E-state index in [0.717, 1.165) is 30.6 Å². The minimum Gasteiger partial charge on any atom is -0.203 e. The number of alkyl halides is 1. The van der Waals surface area contributed by atoms with E-state index in [1.807, 2.05) is 6.07 Å². The zero-order valence-corrected chi connectivity index (χ0v) is 18.1. The number of benzene rings is 1. The van der Waals surface area contributed by atoms with Gasteiger partial charge in [0.05, 0.1) is 0 Å². The fourth-order valence-corrected chi connectivity index (χ4v) is 6.29. The summed E-state index contributed by atoms with van der Waals surface area (Å²) in [4.78, 5) is 0. The van der Waals surface area contributed by atoms with Crippen LogP contribution in [0.4, 0.5) is 8.78 Å². The van der Waals surface area contributed by atoms with Gasteiger partial charge in [-0.1, -0.05) is 46.9 Å². The first-order valence-corrected chi connectivity index (χ1v) is 11.5. The molecule has 2 aliphatic rings. The molecule has 144 valence electrons. The molecule has 1 atom stereocenters. The average molecular weight is 472 g/mol. The second kappa shape index (κ2) is 9.16. The Morgan fingerprint density at radius 3 is 2.08 bits per heavy atom. The van der Waals surface area contributed by atoms with E-state index >= 15 is 0 Å². The highest BCUT2D eigenvalue weighted by molar-refractivity contribution is 14.1. The molecule has 0 heterocycles. The smallest absolute Gasteiger partial charge is 0.162 e. The van der Waals surface area contributed by atoms with Gasteiger partial charge in [0.15, 0.2) is 11.6 Å². The van der Waals surface area contributed by atoms with Crippen LogP contribution in [0.2, 0.25) is 0 Å². The van der Waals surface area contributed by atoms with Gasteiger partial charge in [-0.05, 0) is 100 Å². The molecule has 0 aromatic heterocycles. The monoisotopic (exact) mass is 472 g/mol. The molecule has 0 N–H and O–H groups in total. The van der Waals surface area contributed by atoms with Gasteiger partial charge in [-0.25, -0.2) is 8.78 Å². The molecule has 2 saturated carbocycles. The molecule has 2 fully saturated rings. The predicted molar refractivity (Wildman–Crippen MR) is 114 cm³/mol. The van der Waals surface area contributed by atoms with Gasteiger partial charge in [0.25, 0.3) is 0 Å². The Morgan fingerprint density at radius 1 is 0.923 bits per heavy atom. The van der Waals surface area contributed by atoms with Crippen molar-refractivity contribution in [3.05, 3.63) is 47.0 Å². The number of hydrogen-bond donors (Lipinski definition) is 0. The van der Waals surface area contributed by atoms with Crippen LogP contribution in [-0.2, 0) is 0 Å². The highest BCUT2D eigenvalue weighted by Gasteiger charge is 2.33. The van der Waals surface area contributed by atoms with Gasteiger partial charge < -0.3 is 0 Å². The fourth-order valence-electron chi connectivity index (χ4n) is 5.15. The third-order valence-electron chi connectivity index (χ3n) is 6.83. The molecule has 0 amide bonds. The van der Waals surface area contributed by atoms with E-state index in [1.54, 1.807) is 13.0 Å². The molecule has 0 aliphatic heterocycles. The van der Waals surface area contributed by atoms with Crippen LogP contribution in [0.25, 0.3) is 0 Å². The number of aryl methyl sites for hydroxylation is 1. The van der Waals surface area contributed by atoms with Crippen LogP contribution < -0.4 is 0 Å². The standard InChI is InChI=1S/C23H31F2I/c1-3-4-21(26)19-12-8-17(9-13-19)16-6-10-18(11-7-16)20-14-5-15(2)22(24)23(20)25/h3-5,14,16-19,21H,6-13H2,1-2H3. The molecule has 0 nitrogen and oxygen atoms in total. The van der Waals surface area contributed by atoms with Crippen LogP contribution >= 0.6 is 22.6 Å². The topological polar surface area (TPSA) is 0 Å². The van der Waals surface area contributed by atoms with E-state index in [0.29, 0.717) is 15.1 Å². The van der Waals surface area contributed by atoms with E-state index in [1.165, 1.54) is 38.5 Å². The van der Waals surface area contributed by atoms with Gasteiger partial charge in [0.2, 0.25) is 0 Å². The third-order valence-corrected chi connectivity index (χ3v) is 8.26. The van der Waals surface area contributed by atoms with Crippen molar-refractivity contribution in [2.24, 2.45) is 17.8 Å². The first-order valence-electron chi connectivity index (χ1n) is 10.2. The molecule has 1 aromatic carbocycles. The number of rotatable bonds is 4. The van der Waals surface area contributed by atoms with E-state index in [4.69, 9.17) is 0 Å². The summed E-state index contributed by atoms with van der Waals surface area (Å²) in [5, 5.41) is 0. The van der Waals surface area contributed by atoms with Crippen molar-refractivity contribution in [1.29, 1.82) is 0 Å². The summed E-state index contributed by atoms with van der Waals surface area (Å²) in [6.45, 7) is 3.74. The van der Waals surface area contributed by atoms with Gasteiger partial charge in [-0.15, -0.1) is 0 Å². The van der Waals surface area contributed by atoms with Gasteiger partial charge >= 0.3 is 0 Å². The van der Waals surface area contributed by atoms with E-state index in [9.17, 15) is 8.78 Å². The van der Waals surface area contributed by atoms with Crippen molar-refractivity contribution in [2.75, 3.05) is 0 Å². The molecule has 1 aromatic rings. The summed E-state index contributed by atoms with van der Waals surface area (Å²) in [5.74, 6) is 1.42. The summed E-state index contributed by atoms with van der Waals surface area (Å²) in [6.07, 6.45) is 14.3. The van der Waals surface area contributed by atoms with Gasteiger partial charge in [0.1, 0.15) is 0 Å².